The number of carbonyl (C=O) groups is 2. The quantitative estimate of drug-likeness (QED) is 0.648. The minimum absolute atomic E-state index is 0. The van der Waals surface area contributed by atoms with Gasteiger partial charge in [-0.25, -0.2) is 9.59 Å². The summed E-state index contributed by atoms with van der Waals surface area (Å²) in [6.07, 6.45) is 0. The van der Waals surface area contributed by atoms with Gasteiger partial charge in [0.25, 0.3) is 0 Å². The average Bonchev–Trinajstić information content (AvgIpc) is 2.66. The molecule has 0 heterocycles. The van der Waals surface area contributed by atoms with Crippen LogP contribution in [0.4, 0.5) is 0 Å². The predicted octanol–water partition coefficient (Wildman–Crippen LogP) is 3.08. The van der Waals surface area contributed by atoms with E-state index in [0.717, 1.165) is 0 Å². The lowest BCUT2D eigenvalue weighted by molar-refractivity contribution is -0.0167. The van der Waals surface area contributed by atoms with E-state index in [0.29, 0.717) is 11.1 Å². The van der Waals surface area contributed by atoms with Crippen LogP contribution in [0.3, 0.4) is 0 Å². The molecule has 0 bridgehead atoms. The van der Waals surface area contributed by atoms with Crippen molar-refractivity contribution in [1.29, 1.82) is 0 Å². The Morgan fingerprint density at radius 1 is 0.680 bits per heavy atom. The van der Waals surface area contributed by atoms with Gasteiger partial charge in [0.2, 0.25) is 6.79 Å². The number of hydrogen-bond donors (Lipinski definition) is 2. The first-order valence-corrected chi connectivity index (χ1v) is 6.87. The molecule has 2 aromatic carbocycles. The summed E-state index contributed by atoms with van der Waals surface area (Å²) in [4.78, 5) is 23.1. The first kappa shape index (κ1) is 27.2. The normalized spacial score (nSPS) is 7.84. The summed E-state index contributed by atoms with van der Waals surface area (Å²) in [5.74, 6) is -1.05. The highest BCUT2D eigenvalue weighted by atomic mass is 16.7. The molecule has 0 spiro atoms. The van der Waals surface area contributed by atoms with E-state index in [9.17, 15) is 9.59 Å². The molecule has 2 aromatic rings. The van der Waals surface area contributed by atoms with E-state index in [4.69, 9.17) is 9.47 Å². The smallest absolute Gasteiger partial charge is 0.340 e. The van der Waals surface area contributed by atoms with E-state index < -0.39 is 18.7 Å². The van der Waals surface area contributed by atoms with Crippen LogP contribution in [0.15, 0.2) is 60.7 Å². The molecule has 140 valence electrons. The molecular formula is C19H30N2O4. The maximum absolute atomic E-state index is 11.5. The van der Waals surface area contributed by atoms with Crippen LogP contribution in [-0.4, -0.2) is 32.8 Å². The Morgan fingerprint density at radius 3 is 1.24 bits per heavy atom. The Labute approximate surface area is 150 Å². The van der Waals surface area contributed by atoms with Crippen molar-refractivity contribution in [3.8, 4) is 0 Å². The Balaban J connectivity index is -0.000000752. The van der Waals surface area contributed by atoms with Gasteiger partial charge < -0.3 is 20.9 Å². The molecule has 2 rings (SSSR count). The largest absolute Gasteiger partial charge is 0.424 e. The van der Waals surface area contributed by atoms with Gasteiger partial charge in [-0.2, -0.15) is 0 Å². The highest BCUT2D eigenvalue weighted by Gasteiger charge is 2.09. The first-order chi connectivity index (χ1) is 11.3. The zero-order valence-electron chi connectivity index (χ0n) is 13.3. The third kappa shape index (κ3) is 10.6. The molecule has 6 nitrogen and oxygen atoms in total. The molecule has 0 aliphatic carbocycles. The molecule has 0 aliphatic rings. The second kappa shape index (κ2) is 17.7. The Hall–Kier alpha value is -2.70. The van der Waals surface area contributed by atoms with Gasteiger partial charge in [0.1, 0.15) is 0 Å². The number of benzene rings is 2. The van der Waals surface area contributed by atoms with Crippen LogP contribution in [0.1, 0.15) is 35.6 Å². The number of carbonyl (C=O) groups excluding carboxylic acids is 2. The van der Waals surface area contributed by atoms with Crippen LogP contribution >= 0.6 is 0 Å². The van der Waals surface area contributed by atoms with Crippen LogP contribution in [0.2, 0.25) is 0 Å². The second-order valence-corrected chi connectivity index (χ2v) is 3.71. The monoisotopic (exact) mass is 350 g/mol. The molecule has 6 heteroatoms. The zero-order chi connectivity index (χ0) is 17.5. The zero-order valence-corrected chi connectivity index (χ0v) is 13.3. The van der Waals surface area contributed by atoms with Crippen molar-refractivity contribution in [2.75, 3.05) is 20.9 Å². The molecular weight excluding hydrogens is 320 g/mol. The van der Waals surface area contributed by atoms with E-state index in [1.54, 1.807) is 60.7 Å². The molecule has 25 heavy (non-hydrogen) atoms. The summed E-state index contributed by atoms with van der Waals surface area (Å²) in [6, 6.07) is 17.0. The number of hydrogen-bond acceptors (Lipinski definition) is 6. The molecule has 0 fully saturated rings. The van der Waals surface area contributed by atoms with E-state index in [-0.39, 0.29) is 14.9 Å². The highest BCUT2D eigenvalue weighted by Crippen LogP contribution is 2.03. The van der Waals surface area contributed by atoms with Crippen molar-refractivity contribution in [3.05, 3.63) is 71.8 Å². The van der Waals surface area contributed by atoms with E-state index in [1.807, 2.05) is 0 Å². The number of ether oxygens (including phenoxy) is 2. The Bertz CT molecular complexity index is 509. The summed E-state index contributed by atoms with van der Waals surface area (Å²) in [5, 5.41) is 0. The maximum Gasteiger partial charge on any atom is 0.340 e. The summed E-state index contributed by atoms with van der Waals surface area (Å²) in [5.41, 5.74) is 9.83. The van der Waals surface area contributed by atoms with E-state index in [2.05, 4.69) is 11.5 Å². The summed E-state index contributed by atoms with van der Waals surface area (Å²) >= 11 is 0. The fraction of sp³-hybridized carbons (Fsp3) is 0.263. The molecule has 0 unspecified atom stereocenters. The van der Waals surface area contributed by atoms with E-state index >= 15 is 0 Å². The van der Waals surface area contributed by atoms with Gasteiger partial charge in [-0.3, -0.25) is 0 Å². The minimum Gasteiger partial charge on any atom is -0.424 e. The Kier molecular flexibility index (Phi) is 19.2. The van der Waals surface area contributed by atoms with Crippen molar-refractivity contribution in [1.82, 2.24) is 0 Å². The van der Waals surface area contributed by atoms with Crippen LogP contribution in [-0.2, 0) is 9.47 Å². The summed E-state index contributed by atoms with van der Waals surface area (Å²) in [7, 11) is 3.00. The molecule has 0 radical (unpaired) electrons. The van der Waals surface area contributed by atoms with Crippen LogP contribution in [0, 0.1) is 0 Å². The van der Waals surface area contributed by atoms with Gasteiger partial charge >= 0.3 is 11.9 Å². The maximum atomic E-state index is 11.5. The van der Waals surface area contributed by atoms with Gasteiger partial charge in [-0.1, -0.05) is 51.3 Å². The molecule has 4 N–H and O–H groups in total. The fourth-order valence-electron chi connectivity index (χ4n) is 1.45. The fourth-order valence-corrected chi connectivity index (χ4v) is 1.45. The standard InChI is InChI=1S/C15H12O4.2CH5N.2CH4/c16-14(12-7-3-1-4-8-12)18-11-19-15(17)13-9-5-2-6-10-13;2*1-2;;/h1-10H,11H2;2*2H2,1H3;2*1H4. The highest BCUT2D eigenvalue weighted by molar-refractivity contribution is 5.90. The van der Waals surface area contributed by atoms with Crippen molar-refractivity contribution >= 4 is 11.9 Å². The number of nitrogens with two attached hydrogens (primary N) is 2. The average molecular weight is 350 g/mol. The summed E-state index contributed by atoms with van der Waals surface area (Å²) < 4.78 is 9.68. The third-order valence-corrected chi connectivity index (χ3v) is 2.40. The number of rotatable bonds is 4. The van der Waals surface area contributed by atoms with Crippen LogP contribution < -0.4 is 11.5 Å². The van der Waals surface area contributed by atoms with Gasteiger partial charge in [0.05, 0.1) is 11.1 Å². The van der Waals surface area contributed by atoms with Crippen molar-refractivity contribution < 1.29 is 19.1 Å². The molecule has 0 amide bonds. The second-order valence-electron chi connectivity index (χ2n) is 3.71. The van der Waals surface area contributed by atoms with E-state index in [1.165, 1.54) is 14.1 Å². The molecule has 0 atom stereocenters. The SMILES string of the molecule is C.C.CN.CN.O=C(OCOC(=O)c1ccccc1)c1ccccc1. The van der Waals surface area contributed by atoms with Gasteiger partial charge in [-0.05, 0) is 38.4 Å². The molecule has 0 aliphatic heterocycles. The van der Waals surface area contributed by atoms with Crippen LogP contribution in [0.5, 0.6) is 0 Å². The van der Waals surface area contributed by atoms with Crippen molar-refractivity contribution in [2.24, 2.45) is 11.5 Å². The Morgan fingerprint density at radius 2 is 0.960 bits per heavy atom. The first-order valence-electron chi connectivity index (χ1n) is 6.87. The molecule has 0 aromatic heterocycles. The van der Waals surface area contributed by atoms with Crippen molar-refractivity contribution in [3.63, 3.8) is 0 Å². The molecule has 0 saturated heterocycles. The lowest BCUT2D eigenvalue weighted by Crippen LogP contribution is -2.13. The topological polar surface area (TPSA) is 105 Å². The van der Waals surface area contributed by atoms with Crippen LogP contribution in [0.25, 0.3) is 0 Å². The number of esters is 2. The lowest BCUT2D eigenvalue weighted by atomic mass is 10.2. The molecule has 0 saturated carbocycles. The lowest BCUT2D eigenvalue weighted by Gasteiger charge is -2.06. The third-order valence-electron chi connectivity index (χ3n) is 2.40. The van der Waals surface area contributed by atoms with Gasteiger partial charge in [0.15, 0.2) is 0 Å². The predicted molar refractivity (Wildman–Crippen MR) is 102 cm³/mol. The minimum atomic E-state index is -0.526. The summed E-state index contributed by atoms with van der Waals surface area (Å²) in [6.45, 7) is -0.401. The van der Waals surface area contributed by atoms with Gasteiger partial charge in [0, 0.05) is 0 Å². The van der Waals surface area contributed by atoms with Gasteiger partial charge in [-0.15, -0.1) is 0 Å². The van der Waals surface area contributed by atoms with Crippen molar-refractivity contribution in [2.45, 2.75) is 14.9 Å².